The maximum absolute atomic E-state index is 5.37. The standard InChI is InChI=1S/C7H19N3.Li.H/c1-2-3-4-5-6-7(8,9)10;;/h2-6,8-10H2,1H3;;. The second-order valence-electron chi connectivity index (χ2n) is 2.92. The average molecular weight is 153 g/mol. The van der Waals surface area contributed by atoms with E-state index >= 15 is 0 Å². The van der Waals surface area contributed by atoms with Crippen molar-refractivity contribution < 1.29 is 0 Å². The van der Waals surface area contributed by atoms with Gasteiger partial charge in [-0.05, 0) is 12.8 Å². The van der Waals surface area contributed by atoms with Crippen LogP contribution in [-0.2, 0) is 0 Å². The van der Waals surface area contributed by atoms with E-state index in [-0.39, 0.29) is 18.9 Å². The van der Waals surface area contributed by atoms with E-state index in [0.717, 1.165) is 6.42 Å². The van der Waals surface area contributed by atoms with Crippen molar-refractivity contribution in [3.05, 3.63) is 0 Å². The van der Waals surface area contributed by atoms with Crippen molar-refractivity contribution in [2.45, 2.75) is 44.8 Å². The summed E-state index contributed by atoms with van der Waals surface area (Å²) >= 11 is 0. The van der Waals surface area contributed by atoms with Crippen molar-refractivity contribution in [3.63, 3.8) is 0 Å². The Balaban J connectivity index is 0. The van der Waals surface area contributed by atoms with Gasteiger partial charge in [0.1, 0.15) is 5.79 Å². The molecule has 0 aliphatic heterocycles. The fraction of sp³-hybridized carbons (Fsp3) is 1.00. The Labute approximate surface area is 81.2 Å². The molecule has 0 saturated heterocycles. The van der Waals surface area contributed by atoms with E-state index in [1.807, 2.05) is 0 Å². The van der Waals surface area contributed by atoms with Gasteiger partial charge in [0.05, 0.1) is 0 Å². The van der Waals surface area contributed by atoms with E-state index in [2.05, 4.69) is 6.92 Å². The molecule has 64 valence electrons. The molecule has 6 N–H and O–H groups in total. The second kappa shape index (κ2) is 7.14. The summed E-state index contributed by atoms with van der Waals surface area (Å²) in [7, 11) is 0. The van der Waals surface area contributed by atoms with E-state index in [0.29, 0.717) is 6.42 Å². The van der Waals surface area contributed by atoms with Gasteiger partial charge < -0.3 is 17.2 Å². The van der Waals surface area contributed by atoms with Crippen molar-refractivity contribution in [1.82, 2.24) is 0 Å². The summed E-state index contributed by atoms with van der Waals surface area (Å²) in [5.41, 5.74) is 16.1. The zero-order valence-electron chi connectivity index (χ0n) is 6.77. The van der Waals surface area contributed by atoms with E-state index in [9.17, 15) is 0 Å². The fourth-order valence-electron chi connectivity index (χ4n) is 0.858. The molecule has 11 heavy (non-hydrogen) atoms. The van der Waals surface area contributed by atoms with Crippen LogP contribution in [0.3, 0.4) is 0 Å². The maximum atomic E-state index is 5.37. The summed E-state index contributed by atoms with van der Waals surface area (Å²) in [6.07, 6.45) is 5.41. The molecule has 0 fully saturated rings. The van der Waals surface area contributed by atoms with Crippen molar-refractivity contribution in [2.75, 3.05) is 0 Å². The molecule has 0 atom stereocenters. The molecule has 0 aliphatic rings. The molecule has 0 heterocycles. The third-order valence-electron chi connectivity index (χ3n) is 1.46. The number of rotatable bonds is 5. The summed E-state index contributed by atoms with van der Waals surface area (Å²) in [5, 5.41) is 0. The molecule has 0 spiro atoms. The van der Waals surface area contributed by atoms with Crippen LogP contribution in [0.25, 0.3) is 0 Å². The number of nitrogens with two attached hydrogens (primary N) is 3. The number of hydrogen-bond acceptors (Lipinski definition) is 3. The Morgan fingerprint density at radius 3 is 1.91 bits per heavy atom. The summed E-state index contributed by atoms with van der Waals surface area (Å²) in [5.74, 6) is -0.951. The van der Waals surface area contributed by atoms with Gasteiger partial charge in [0.2, 0.25) is 0 Å². The van der Waals surface area contributed by atoms with Crippen molar-refractivity contribution >= 4 is 18.9 Å². The molecule has 0 unspecified atom stereocenters. The molecule has 4 heteroatoms. The Morgan fingerprint density at radius 1 is 1.00 bits per heavy atom. The molecule has 0 bridgehead atoms. The van der Waals surface area contributed by atoms with E-state index < -0.39 is 5.79 Å². The minimum absolute atomic E-state index is 0. The summed E-state index contributed by atoms with van der Waals surface area (Å²) < 4.78 is 0. The van der Waals surface area contributed by atoms with Crippen LogP contribution < -0.4 is 17.2 Å². The van der Waals surface area contributed by atoms with Gasteiger partial charge in [-0.15, -0.1) is 0 Å². The van der Waals surface area contributed by atoms with Crippen LogP contribution in [0.5, 0.6) is 0 Å². The van der Waals surface area contributed by atoms with Crippen LogP contribution in [0.15, 0.2) is 0 Å². The first kappa shape index (κ1) is 14.0. The van der Waals surface area contributed by atoms with E-state index in [1.165, 1.54) is 19.3 Å². The molecule has 0 aliphatic carbocycles. The van der Waals surface area contributed by atoms with Gasteiger partial charge in [-0.1, -0.05) is 26.2 Å². The van der Waals surface area contributed by atoms with Crippen molar-refractivity contribution in [2.24, 2.45) is 17.2 Å². The van der Waals surface area contributed by atoms with E-state index in [1.54, 1.807) is 0 Å². The van der Waals surface area contributed by atoms with E-state index in [4.69, 9.17) is 17.2 Å². The SMILES string of the molecule is CCCCCCC(N)(N)N.[LiH]. The number of hydrogen-bond donors (Lipinski definition) is 3. The first-order valence-electron chi connectivity index (χ1n) is 3.93. The molecule has 0 saturated carbocycles. The Kier molecular flexibility index (Phi) is 9.11. The minimum atomic E-state index is -0.951. The summed E-state index contributed by atoms with van der Waals surface area (Å²) in [6.45, 7) is 2.17. The third kappa shape index (κ3) is 13.5. The van der Waals surface area contributed by atoms with Crippen LogP contribution in [-0.4, -0.2) is 24.6 Å². The number of unbranched alkanes of at least 4 members (excludes halogenated alkanes) is 3. The van der Waals surface area contributed by atoms with Crippen LogP contribution >= 0.6 is 0 Å². The van der Waals surface area contributed by atoms with Gasteiger partial charge in [-0.2, -0.15) is 0 Å². The second-order valence-corrected chi connectivity index (χ2v) is 2.92. The predicted octanol–water partition coefficient (Wildman–Crippen LogP) is -0.162. The normalized spacial score (nSPS) is 10.9. The Hall–Kier alpha value is 0.477. The van der Waals surface area contributed by atoms with Gasteiger partial charge in [0.25, 0.3) is 0 Å². The molecule has 0 aromatic rings. The van der Waals surface area contributed by atoms with Crippen LogP contribution in [0, 0.1) is 0 Å². The van der Waals surface area contributed by atoms with Gasteiger partial charge in [-0.3, -0.25) is 0 Å². The third-order valence-corrected chi connectivity index (χ3v) is 1.46. The van der Waals surface area contributed by atoms with Gasteiger partial charge in [0, 0.05) is 0 Å². The molecular formula is C7H20LiN3. The zero-order valence-corrected chi connectivity index (χ0v) is 6.77. The van der Waals surface area contributed by atoms with Gasteiger partial charge in [-0.25, -0.2) is 0 Å². The van der Waals surface area contributed by atoms with Gasteiger partial charge in [0.15, 0.2) is 0 Å². The van der Waals surface area contributed by atoms with Crippen molar-refractivity contribution in [3.8, 4) is 0 Å². The van der Waals surface area contributed by atoms with Crippen LogP contribution in [0.4, 0.5) is 0 Å². The van der Waals surface area contributed by atoms with Gasteiger partial charge >= 0.3 is 18.9 Å². The topological polar surface area (TPSA) is 78.1 Å². The molecule has 0 aromatic heterocycles. The summed E-state index contributed by atoms with van der Waals surface area (Å²) in [6, 6.07) is 0. The first-order valence-corrected chi connectivity index (χ1v) is 3.93. The molecule has 3 nitrogen and oxygen atoms in total. The Bertz CT molecular complexity index is 80.2. The molecule has 0 amide bonds. The zero-order chi connectivity index (χ0) is 8.04. The molecular weight excluding hydrogens is 133 g/mol. The quantitative estimate of drug-likeness (QED) is 0.292. The van der Waals surface area contributed by atoms with Crippen LogP contribution in [0.2, 0.25) is 0 Å². The average Bonchev–Trinajstić information content (AvgIpc) is 1.78. The van der Waals surface area contributed by atoms with Crippen molar-refractivity contribution in [1.29, 1.82) is 0 Å². The first-order chi connectivity index (χ1) is 4.56. The molecule has 0 aromatic carbocycles. The molecule has 0 rings (SSSR count). The predicted molar refractivity (Wildman–Crippen MR) is 51.2 cm³/mol. The molecule has 0 radical (unpaired) electrons. The Morgan fingerprint density at radius 2 is 1.55 bits per heavy atom. The summed E-state index contributed by atoms with van der Waals surface area (Å²) in [4.78, 5) is 0. The monoisotopic (exact) mass is 153 g/mol. The fourth-order valence-corrected chi connectivity index (χ4v) is 0.858. The van der Waals surface area contributed by atoms with Crippen LogP contribution in [0.1, 0.15) is 39.0 Å².